The van der Waals surface area contributed by atoms with Gasteiger partial charge in [0.2, 0.25) is 5.91 Å². The van der Waals surface area contributed by atoms with Crippen LogP contribution < -0.4 is 10.9 Å². The summed E-state index contributed by atoms with van der Waals surface area (Å²) in [5.41, 5.74) is 2.81. The number of hydrogen-bond donors (Lipinski definition) is 3. The van der Waals surface area contributed by atoms with Crippen molar-refractivity contribution in [1.29, 1.82) is 0 Å². The van der Waals surface area contributed by atoms with Gasteiger partial charge in [0.1, 0.15) is 0 Å². The average Bonchev–Trinajstić information content (AvgIpc) is 2.77. The number of amides is 1. The summed E-state index contributed by atoms with van der Waals surface area (Å²) in [6.45, 7) is 5.69. The van der Waals surface area contributed by atoms with Crippen molar-refractivity contribution in [2.45, 2.75) is 38.8 Å². The van der Waals surface area contributed by atoms with Crippen molar-refractivity contribution in [3.05, 3.63) is 33.5 Å². The molecule has 0 bridgehead atoms. The van der Waals surface area contributed by atoms with Gasteiger partial charge < -0.3 is 10.3 Å². The molecule has 0 atom stereocenters. The second-order valence-corrected chi connectivity index (χ2v) is 5.90. The van der Waals surface area contributed by atoms with Crippen LogP contribution >= 0.6 is 11.8 Å². The van der Waals surface area contributed by atoms with E-state index in [1.165, 1.54) is 17.8 Å². The van der Waals surface area contributed by atoms with Crippen LogP contribution in [0.2, 0.25) is 0 Å². The molecule has 0 radical (unpaired) electrons. The van der Waals surface area contributed by atoms with Crippen molar-refractivity contribution in [3.63, 3.8) is 0 Å². The molecule has 118 valence electrons. The van der Waals surface area contributed by atoms with Crippen LogP contribution in [0.3, 0.4) is 0 Å². The Morgan fingerprint density at radius 3 is 2.82 bits per heavy atom. The summed E-state index contributed by atoms with van der Waals surface area (Å²) < 4.78 is 0. The summed E-state index contributed by atoms with van der Waals surface area (Å²) in [4.78, 5) is 30.5. The molecule has 2 aromatic rings. The first-order valence-electron chi connectivity index (χ1n) is 7.04. The monoisotopic (exact) mass is 321 g/mol. The van der Waals surface area contributed by atoms with Crippen molar-refractivity contribution in [3.8, 4) is 0 Å². The summed E-state index contributed by atoms with van der Waals surface area (Å²) >= 11 is 1.21. The molecule has 0 aliphatic heterocycles. The fourth-order valence-corrected chi connectivity index (χ4v) is 2.68. The number of carbonyl (C=O) groups is 1. The summed E-state index contributed by atoms with van der Waals surface area (Å²) in [5.74, 6) is 0.00362. The molecule has 7 nitrogen and oxygen atoms in total. The lowest BCUT2D eigenvalue weighted by Crippen LogP contribution is -2.16. The molecule has 0 saturated heterocycles. The van der Waals surface area contributed by atoms with Crippen LogP contribution in [-0.4, -0.2) is 31.8 Å². The van der Waals surface area contributed by atoms with Gasteiger partial charge >= 0.3 is 0 Å². The standard InChI is InChI=1S/C14H19N5O2S/c1-4-5-10-6-11(20)17-14(15-10)22-7-12(21)16-13-8(2)18-19-9(13)3/h6H,4-5,7H2,1-3H3,(H,16,21)(H,18,19)(H,15,17,20). The third kappa shape index (κ3) is 4.20. The number of hydrogen-bond acceptors (Lipinski definition) is 5. The fraction of sp³-hybridized carbons (Fsp3) is 0.429. The highest BCUT2D eigenvalue weighted by Crippen LogP contribution is 2.17. The van der Waals surface area contributed by atoms with E-state index in [-0.39, 0.29) is 17.2 Å². The second kappa shape index (κ2) is 7.26. The smallest absolute Gasteiger partial charge is 0.251 e. The molecule has 0 unspecified atom stereocenters. The van der Waals surface area contributed by atoms with Crippen LogP contribution in [0.1, 0.15) is 30.4 Å². The first-order chi connectivity index (χ1) is 10.5. The Kier molecular flexibility index (Phi) is 5.37. The summed E-state index contributed by atoms with van der Waals surface area (Å²) in [7, 11) is 0. The number of aryl methyl sites for hydroxylation is 3. The summed E-state index contributed by atoms with van der Waals surface area (Å²) in [6.07, 6.45) is 1.66. The largest absolute Gasteiger partial charge is 0.322 e. The molecule has 0 aromatic carbocycles. The fourth-order valence-electron chi connectivity index (χ4n) is 1.98. The van der Waals surface area contributed by atoms with E-state index in [9.17, 15) is 9.59 Å². The normalized spacial score (nSPS) is 10.7. The Labute approximate surface area is 132 Å². The molecular formula is C14H19N5O2S. The van der Waals surface area contributed by atoms with Crippen molar-refractivity contribution in [1.82, 2.24) is 20.2 Å². The van der Waals surface area contributed by atoms with Crippen LogP contribution in [0.5, 0.6) is 0 Å². The van der Waals surface area contributed by atoms with Gasteiger partial charge in [-0.25, -0.2) is 4.98 Å². The van der Waals surface area contributed by atoms with Crippen molar-refractivity contribution < 1.29 is 4.79 Å². The number of rotatable bonds is 6. The predicted molar refractivity (Wildman–Crippen MR) is 86.3 cm³/mol. The third-order valence-electron chi connectivity index (χ3n) is 3.01. The van der Waals surface area contributed by atoms with Gasteiger partial charge in [-0.15, -0.1) is 0 Å². The Morgan fingerprint density at radius 1 is 1.41 bits per heavy atom. The maximum absolute atomic E-state index is 12.0. The molecule has 2 rings (SSSR count). The Morgan fingerprint density at radius 2 is 2.18 bits per heavy atom. The van der Waals surface area contributed by atoms with Gasteiger partial charge in [0.05, 0.1) is 22.8 Å². The molecule has 1 amide bonds. The molecule has 2 aromatic heterocycles. The highest BCUT2D eigenvalue weighted by Gasteiger charge is 2.11. The lowest BCUT2D eigenvalue weighted by Gasteiger charge is -2.05. The summed E-state index contributed by atoms with van der Waals surface area (Å²) in [5, 5.41) is 10.1. The van der Waals surface area contributed by atoms with E-state index >= 15 is 0 Å². The number of thioether (sulfide) groups is 1. The number of nitrogens with one attached hydrogen (secondary N) is 3. The van der Waals surface area contributed by atoms with Crippen LogP contribution in [0, 0.1) is 13.8 Å². The Hall–Kier alpha value is -2.09. The van der Waals surface area contributed by atoms with Gasteiger partial charge in [-0.3, -0.25) is 14.7 Å². The van der Waals surface area contributed by atoms with Crippen LogP contribution in [-0.2, 0) is 11.2 Å². The van der Waals surface area contributed by atoms with E-state index < -0.39 is 0 Å². The molecule has 8 heteroatoms. The van der Waals surface area contributed by atoms with Crippen molar-refractivity contribution in [2.24, 2.45) is 0 Å². The lowest BCUT2D eigenvalue weighted by atomic mass is 10.2. The first-order valence-corrected chi connectivity index (χ1v) is 8.02. The maximum atomic E-state index is 12.0. The second-order valence-electron chi connectivity index (χ2n) is 4.94. The van der Waals surface area contributed by atoms with Crippen LogP contribution in [0.4, 0.5) is 5.69 Å². The van der Waals surface area contributed by atoms with E-state index in [0.717, 1.165) is 29.9 Å². The SMILES string of the molecule is CCCc1cc(=O)[nH]c(SCC(=O)Nc2c(C)n[nH]c2C)n1. The highest BCUT2D eigenvalue weighted by atomic mass is 32.2. The van der Waals surface area contributed by atoms with Gasteiger partial charge in [-0.1, -0.05) is 25.1 Å². The minimum atomic E-state index is -0.192. The molecule has 0 fully saturated rings. The summed E-state index contributed by atoms with van der Waals surface area (Å²) in [6, 6.07) is 1.49. The number of H-pyrrole nitrogens is 2. The van der Waals surface area contributed by atoms with Gasteiger partial charge in [-0.2, -0.15) is 5.10 Å². The minimum Gasteiger partial charge on any atom is -0.322 e. The predicted octanol–water partition coefficient (Wildman–Crippen LogP) is 1.79. The number of carbonyl (C=O) groups excluding carboxylic acids is 1. The number of anilines is 1. The highest BCUT2D eigenvalue weighted by molar-refractivity contribution is 7.99. The third-order valence-corrected chi connectivity index (χ3v) is 3.88. The quantitative estimate of drug-likeness (QED) is 0.556. The molecule has 0 spiro atoms. The maximum Gasteiger partial charge on any atom is 0.251 e. The topological polar surface area (TPSA) is 104 Å². The first kappa shape index (κ1) is 16.3. The van der Waals surface area contributed by atoms with E-state index in [2.05, 4.69) is 25.5 Å². The van der Waals surface area contributed by atoms with E-state index in [1.807, 2.05) is 20.8 Å². The van der Waals surface area contributed by atoms with E-state index in [0.29, 0.717) is 10.8 Å². The van der Waals surface area contributed by atoms with Crippen molar-refractivity contribution in [2.75, 3.05) is 11.1 Å². The Bertz CT molecular complexity index is 703. The van der Waals surface area contributed by atoms with Gasteiger partial charge in [0.15, 0.2) is 5.16 Å². The molecule has 22 heavy (non-hydrogen) atoms. The van der Waals surface area contributed by atoms with E-state index in [4.69, 9.17) is 0 Å². The Balaban J connectivity index is 1.98. The van der Waals surface area contributed by atoms with Crippen LogP contribution in [0.15, 0.2) is 16.0 Å². The zero-order chi connectivity index (χ0) is 16.1. The van der Waals surface area contributed by atoms with Gasteiger partial charge in [0.25, 0.3) is 5.56 Å². The average molecular weight is 321 g/mol. The molecular weight excluding hydrogens is 302 g/mol. The van der Waals surface area contributed by atoms with E-state index in [1.54, 1.807) is 0 Å². The number of nitrogens with zero attached hydrogens (tertiary/aromatic N) is 2. The lowest BCUT2D eigenvalue weighted by molar-refractivity contribution is -0.113. The van der Waals surface area contributed by atoms with Gasteiger partial charge in [0, 0.05) is 11.8 Å². The van der Waals surface area contributed by atoms with Crippen molar-refractivity contribution >= 4 is 23.4 Å². The molecule has 0 aliphatic carbocycles. The van der Waals surface area contributed by atoms with Gasteiger partial charge in [-0.05, 0) is 20.3 Å². The zero-order valence-corrected chi connectivity index (χ0v) is 13.6. The number of aromatic amines is 2. The molecule has 3 N–H and O–H groups in total. The zero-order valence-electron chi connectivity index (χ0n) is 12.8. The number of aromatic nitrogens is 4. The minimum absolute atomic E-state index is 0.166. The molecule has 0 saturated carbocycles. The molecule has 0 aliphatic rings. The van der Waals surface area contributed by atoms with Crippen LogP contribution in [0.25, 0.3) is 0 Å². The molecule has 2 heterocycles.